The average Bonchev–Trinajstić information content (AvgIpc) is 2.36. The Bertz CT molecular complexity index is 357. The second-order valence-electron chi connectivity index (χ2n) is 6.31. The summed E-state index contributed by atoms with van der Waals surface area (Å²) in [6, 6.07) is 10.8. The zero-order valence-electron chi connectivity index (χ0n) is 12.3. The molecule has 0 bridgehead atoms. The molecule has 0 radical (unpaired) electrons. The Kier molecular flexibility index (Phi) is 5.41. The van der Waals surface area contributed by atoms with Crippen LogP contribution in [0.1, 0.15) is 32.3 Å². The van der Waals surface area contributed by atoms with Crippen LogP contribution in [0.4, 0.5) is 0 Å². The lowest BCUT2D eigenvalue weighted by molar-refractivity contribution is 0.0610. The van der Waals surface area contributed by atoms with Gasteiger partial charge in [-0.05, 0) is 30.7 Å². The number of hydrogen-bond acceptors (Lipinski definition) is 2. The van der Waals surface area contributed by atoms with Crippen molar-refractivity contribution < 1.29 is 4.74 Å². The number of benzene rings is 1. The third-order valence-electron chi connectivity index (χ3n) is 4.04. The van der Waals surface area contributed by atoms with Gasteiger partial charge in [0.15, 0.2) is 0 Å². The molecule has 2 rings (SSSR count). The van der Waals surface area contributed by atoms with Gasteiger partial charge in [0.1, 0.15) is 0 Å². The molecule has 1 aromatic rings. The fourth-order valence-electron chi connectivity index (χ4n) is 2.61. The van der Waals surface area contributed by atoms with Crippen LogP contribution in [0.15, 0.2) is 30.3 Å². The van der Waals surface area contributed by atoms with E-state index < -0.39 is 0 Å². The highest BCUT2D eigenvalue weighted by Crippen LogP contribution is 2.31. The minimum atomic E-state index is 0.430. The van der Waals surface area contributed by atoms with E-state index in [4.69, 9.17) is 4.74 Å². The highest BCUT2D eigenvalue weighted by Gasteiger charge is 2.36. The van der Waals surface area contributed by atoms with Crippen molar-refractivity contribution in [3.63, 3.8) is 0 Å². The van der Waals surface area contributed by atoms with Crippen molar-refractivity contribution in [2.75, 3.05) is 26.3 Å². The minimum absolute atomic E-state index is 0.430. The molecule has 1 heterocycles. The first-order chi connectivity index (χ1) is 9.20. The van der Waals surface area contributed by atoms with Gasteiger partial charge >= 0.3 is 0 Å². The van der Waals surface area contributed by atoms with Crippen LogP contribution in [0.2, 0.25) is 0 Å². The summed E-state index contributed by atoms with van der Waals surface area (Å²) < 4.78 is 5.79. The highest BCUT2D eigenvalue weighted by atomic mass is 16.5. The minimum Gasteiger partial charge on any atom is -0.381 e. The summed E-state index contributed by atoms with van der Waals surface area (Å²) >= 11 is 0. The number of ether oxygens (including phenoxy) is 1. The van der Waals surface area contributed by atoms with E-state index in [-0.39, 0.29) is 0 Å². The average molecular weight is 261 g/mol. The van der Waals surface area contributed by atoms with Gasteiger partial charge in [0.25, 0.3) is 0 Å². The summed E-state index contributed by atoms with van der Waals surface area (Å²) in [5.41, 5.74) is 1.88. The Morgan fingerprint density at radius 2 is 1.89 bits per heavy atom. The molecule has 1 aromatic carbocycles. The van der Waals surface area contributed by atoms with E-state index in [1.165, 1.54) is 24.8 Å². The zero-order valence-corrected chi connectivity index (χ0v) is 12.3. The molecule has 0 spiro atoms. The maximum absolute atomic E-state index is 5.79. The van der Waals surface area contributed by atoms with E-state index in [1.54, 1.807) is 0 Å². The molecule has 1 fully saturated rings. The van der Waals surface area contributed by atoms with E-state index in [1.807, 2.05) is 0 Å². The second-order valence-corrected chi connectivity index (χ2v) is 6.31. The lowest BCUT2D eigenvalue weighted by atomic mass is 9.74. The Morgan fingerprint density at radius 1 is 1.16 bits per heavy atom. The quantitative estimate of drug-likeness (QED) is 0.725. The summed E-state index contributed by atoms with van der Waals surface area (Å²) in [6.45, 7) is 8.57. The Morgan fingerprint density at radius 3 is 2.47 bits per heavy atom. The van der Waals surface area contributed by atoms with Crippen LogP contribution >= 0.6 is 0 Å². The van der Waals surface area contributed by atoms with E-state index >= 15 is 0 Å². The lowest BCUT2D eigenvalue weighted by Crippen LogP contribution is -2.55. The molecular weight excluding hydrogens is 234 g/mol. The summed E-state index contributed by atoms with van der Waals surface area (Å²) in [5.74, 6) is 0.739. The molecule has 1 saturated heterocycles. The van der Waals surface area contributed by atoms with Crippen molar-refractivity contribution in [1.29, 1.82) is 0 Å². The van der Waals surface area contributed by atoms with Crippen LogP contribution in [0.5, 0.6) is 0 Å². The van der Waals surface area contributed by atoms with Crippen molar-refractivity contribution in [2.24, 2.45) is 11.3 Å². The molecule has 2 nitrogen and oxygen atoms in total. The summed E-state index contributed by atoms with van der Waals surface area (Å²) in [5, 5.41) is 3.43. The Hall–Kier alpha value is -0.860. The monoisotopic (exact) mass is 261 g/mol. The van der Waals surface area contributed by atoms with Crippen molar-refractivity contribution in [3.05, 3.63) is 35.9 Å². The van der Waals surface area contributed by atoms with Gasteiger partial charge in [-0.3, -0.25) is 0 Å². The van der Waals surface area contributed by atoms with Gasteiger partial charge in [0, 0.05) is 31.7 Å². The molecular formula is C17H27NO. The van der Waals surface area contributed by atoms with Crippen molar-refractivity contribution in [3.8, 4) is 0 Å². The van der Waals surface area contributed by atoms with E-state index in [0.717, 1.165) is 32.2 Å². The van der Waals surface area contributed by atoms with Gasteiger partial charge < -0.3 is 10.1 Å². The van der Waals surface area contributed by atoms with Gasteiger partial charge in [-0.15, -0.1) is 0 Å². The molecule has 19 heavy (non-hydrogen) atoms. The normalized spacial score (nSPS) is 17.4. The molecule has 1 aliphatic rings. The van der Waals surface area contributed by atoms with Crippen LogP contribution in [0.25, 0.3) is 0 Å². The molecule has 0 aliphatic carbocycles. The Labute approximate surface area is 117 Å². The Balaban J connectivity index is 1.73. The van der Waals surface area contributed by atoms with E-state index in [0.29, 0.717) is 5.41 Å². The third-order valence-corrected chi connectivity index (χ3v) is 4.04. The van der Waals surface area contributed by atoms with Gasteiger partial charge in [-0.25, -0.2) is 0 Å². The first-order valence-corrected chi connectivity index (χ1v) is 7.53. The molecule has 0 atom stereocenters. The fourth-order valence-corrected chi connectivity index (χ4v) is 2.61. The SMILES string of the molecule is CC(C)CCOCCC1(Cc2ccccc2)CNC1. The molecule has 0 unspecified atom stereocenters. The maximum Gasteiger partial charge on any atom is 0.0472 e. The molecule has 2 heteroatoms. The fraction of sp³-hybridized carbons (Fsp3) is 0.647. The lowest BCUT2D eigenvalue weighted by Gasteiger charge is -2.43. The molecule has 106 valence electrons. The maximum atomic E-state index is 5.79. The predicted octanol–water partition coefficient (Wildman–Crippen LogP) is 3.27. The standard InChI is InChI=1S/C17H27NO/c1-15(2)8-10-19-11-9-17(13-18-14-17)12-16-6-4-3-5-7-16/h3-7,15,18H,8-14H2,1-2H3. The van der Waals surface area contributed by atoms with Crippen molar-refractivity contribution in [1.82, 2.24) is 5.32 Å². The number of nitrogens with one attached hydrogen (secondary N) is 1. The van der Waals surface area contributed by atoms with Crippen LogP contribution in [-0.4, -0.2) is 26.3 Å². The largest absolute Gasteiger partial charge is 0.381 e. The van der Waals surface area contributed by atoms with Gasteiger partial charge in [-0.2, -0.15) is 0 Å². The van der Waals surface area contributed by atoms with Crippen molar-refractivity contribution in [2.45, 2.75) is 33.1 Å². The van der Waals surface area contributed by atoms with Crippen LogP contribution in [0.3, 0.4) is 0 Å². The van der Waals surface area contributed by atoms with Gasteiger partial charge in [0.2, 0.25) is 0 Å². The second kappa shape index (κ2) is 7.06. The van der Waals surface area contributed by atoms with E-state index in [2.05, 4.69) is 49.5 Å². The van der Waals surface area contributed by atoms with E-state index in [9.17, 15) is 0 Å². The molecule has 1 N–H and O–H groups in total. The number of hydrogen-bond donors (Lipinski definition) is 1. The van der Waals surface area contributed by atoms with Crippen LogP contribution in [0, 0.1) is 11.3 Å². The molecule has 0 saturated carbocycles. The zero-order chi connectivity index (χ0) is 13.6. The molecule has 0 aromatic heterocycles. The van der Waals surface area contributed by atoms with Gasteiger partial charge in [-0.1, -0.05) is 44.2 Å². The first-order valence-electron chi connectivity index (χ1n) is 7.53. The topological polar surface area (TPSA) is 21.3 Å². The van der Waals surface area contributed by atoms with Crippen molar-refractivity contribution >= 4 is 0 Å². The first kappa shape index (κ1) is 14.5. The molecule has 1 aliphatic heterocycles. The summed E-state index contributed by atoms with van der Waals surface area (Å²) in [4.78, 5) is 0. The van der Waals surface area contributed by atoms with Crippen LogP contribution in [-0.2, 0) is 11.2 Å². The van der Waals surface area contributed by atoms with Gasteiger partial charge in [0.05, 0.1) is 0 Å². The highest BCUT2D eigenvalue weighted by molar-refractivity contribution is 5.18. The van der Waals surface area contributed by atoms with Crippen LogP contribution < -0.4 is 5.32 Å². The molecule has 0 amide bonds. The number of rotatable bonds is 8. The summed E-state index contributed by atoms with van der Waals surface area (Å²) in [7, 11) is 0. The summed E-state index contributed by atoms with van der Waals surface area (Å²) in [6.07, 6.45) is 3.52. The predicted molar refractivity (Wildman–Crippen MR) is 80.3 cm³/mol. The third kappa shape index (κ3) is 4.63. The smallest absolute Gasteiger partial charge is 0.0472 e.